The molecule has 0 aromatic heterocycles. The van der Waals surface area contributed by atoms with Gasteiger partial charge in [-0.2, -0.15) is 0 Å². The van der Waals surface area contributed by atoms with Crippen LogP contribution in [-0.2, 0) is 19.7 Å². The maximum atomic E-state index is 13.3. The topological polar surface area (TPSA) is 55.4 Å². The molecule has 1 aliphatic rings. The van der Waals surface area contributed by atoms with Gasteiger partial charge in [0.1, 0.15) is 5.82 Å². The molecule has 3 rings (SSSR count). The quantitative estimate of drug-likeness (QED) is 0.597. The van der Waals surface area contributed by atoms with Crippen LogP contribution in [-0.4, -0.2) is 18.5 Å². The number of carbonyl (C=O) groups is 2. The molecule has 2 aromatic carbocycles. The molecular weight excluding hydrogens is 381 g/mol. The number of esters is 1. The zero-order valence-corrected chi connectivity index (χ0v) is 18.1. The predicted octanol–water partition coefficient (Wildman–Crippen LogP) is 5.68. The highest BCUT2D eigenvalue weighted by atomic mass is 19.1. The Labute approximate surface area is 177 Å². The van der Waals surface area contributed by atoms with Crippen molar-refractivity contribution in [2.45, 2.75) is 64.2 Å². The van der Waals surface area contributed by atoms with Crippen molar-refractivity contribution in [1.29, 1.82) is 0 Å². The fourth-order valence-corrected chi connectivity index (χ4v) is 4.05. The highest BCUT2D eigenvalue weighted by Gasteiger charge is 2.47. The third kappa shape index (κ3) is 4.40. The van der Waals surface area contributed by atoms with Crippen LogP contribution in [0.5, 0.6) is 0 Å². The van der Waals surface area contributed by atoms with Crippen molar-refractivity contribution in [3.8, 4) is 0 Å². The van der Waals surface area contributed by atoms with Crippen LogP contribution in [0.25, 0.3) is 0 Å². The average Bonchev–Trinajstić information content (AvgIpc) is 2.66. The SMILES string of the molecule is CC(C)c1cccc(C(C)C)c1NC(=O)COC(=O)C1(c2ccc(F)cc2)CCC1. The summed E-state index contributed by atoms with van der Waals surface area (Å²) in [4.78, 5) is 25.5. The van der Waals surface area contributed by atoms with Crippen molar-refractivity contribution in [2.75, 3.05) is 11.9 Å². The van der Waals surface area contributed by atoms with Crippen molar-refractivity contribution >= 4 is 17.6 Å². The molecule has 1 fully saturated rings. The monoisotopic (exact) mass is 411 g/mol. The van der Waals surface area contributed by atoms with Gasteiger partial charge in [-0.05, 0) is 53.5 Å². The van der Waals surface area contributed by atoms with Crippen LogP contribution in [0.2, 0.25) is 0 Å². The van der Waals surface area contributed by atoms with Crippen molar-refractivity contribution in [3.05, 3.63) is 65.0 Å². The minimum Gasteiger partial charge on any atom is -0.455 e. The zero-order chi connectivity index (χ0) is 21.9. The first-order valence-electron chi connectivity index (χ1n) is 10.6. The molecule has 160 valence electrons. The summed E-state index contributed by atoms with van der Waals surface area (Å²) in [6, 6.07) is 12.0. The number of anilines is 1. The average molecular weight is 412 g/mol. The van der Waals surface area contributed by atoms with Gasteiger partial charge in [-0.25, -0.2) is 4.39 Å². The second kappa shape index (κ2) is 8.99. The Morgan fingerprint density at radius 2 is 1.57 bits per heavy atom. The molecule has 5 heteroatoms. The van der Waals surface area contributed by atoms with Crippen molar-refractivity contribution in [1.82, 2.24) is 0 Å². The summed E-state index contributed by atoms with van der Waals surface area (Å²) in [6.07, 6.45) is 2.19. The molecule has 30 heavy (non-hydrogen) atoms. The molecule has 1 aliphatic carbocycles. The van der Waals surface area contributed by atoms with E-state index in [1.54, 1.807) is 12.1 Å². The highest BCUT2D eigenvalue weighted by Crippen LogP contribution is 2.44. The predicted molar refractivity (Wildman–Crippen MR) is 116 cm³/mol. The maximum Gasteiger partial charge on any atom is 0.317 e. The summed E-state index contributed by atoms with van der Waals surface area (Å²) in [5.74, 6) is -0.619. The van der Waals surface area contributed by atoms with Crippen molar-refractivity contribution in [2.24, 2.45) is 0 Å². The summed E-state index contributed by atoms with van der Waals surface area (Å²) in [7, 11) is 0. The van der Waals surface area contributed by atoms with E-state index in [0.29, 0.717) is 12.8 Å². The van der Waals surface area contributed by atoms with Gasteiger partial charge >= 0.3 is 5.97 Å². The molecule has 0 aliphatic heterocycles. The Hall–Kier alpha value is -2.69. The minimum absolute atomic E-state index is 0.248. The summed E-state index contributed by atoms with van der Waals surface area (Å²) in [5.41, 5.74) is 2.89. The molecule has 0 saturated heterocycles. The maximum absolute atomic E-state index is 13.3. The van der Waals surface area contributed by atoms with Crippen LogP contribution in [0.4, 0.5) is 10.1 Å². The molecule has 1 N–H and O–H groups in total. The summed E-state index contributed by atoms with van der Waals surface area (Å²) in [6.45, 7) is 7.98. The van der Waals surface area contributed by atoms with E-state index in [-0.39, 0.29) is 30.2 Å². The van der Waals surface area contributed by atoms with Crippen LogP contribution < -0.4 is 5.32 Å². The number of hydrogen-bond donors (Lipinski definition) is 1. The molecule has 0 bridgehead atoms. The number of benzene rings is 2. The zero-order valence-electron chi connectivity index (χ0n) is 18.1. The molecule has 1 amide bonds. The first kappa shape index (κ1) is 22.0. The molecular formula is C25H30FNO3. The van der Waals surface area contributed by atoms with Crippen LogP contribution in [0.15, 0.2) is 42.5 Å². The number of amides is 1. The normalized spacial score (nSPS) is 15.0. The first-order chi connectivity index (χ1) is 14.2. The third-order valence-electron chi connectivity index (χ3n) is 5.97. The lowest BCUT2D eigenvalue weighted by Gasteiger charge is -2.39. The minimum atomic E-state index is -0.771. The third-order valence-corrected chi connectivity index (χ3v) is 5.97. The van der Waals surface area contributed by atoms with E-state index in [0.717, 1.165) is 28.8 Å². The lowest BCUT2D eigenvalue weighted by Crippen LogP contribution is -2.44. The van der Waals surface area contributed by atoms with E-state index in [1.165, 1.54) is 12.1 Å². The molecule has 0 radical (unpaired) electrons. The van der Waals surface area contributed by atoms with Gasteiger partial charge in [-0.3, -0.25) is 9.59 Å². The molecule has 1 saturated carbocycles. The summed E-state index contributed by atoms with van der Waals surface area (Å²) >= 11 is 0. The largest absolute Gasteiger partial charge is 0.455 e. The Morgan fingerprint density at radius 1 is 1.00 bits per heavy atom. The molecule has 0 unspecified atom stereocenters. The number of hydrogen-bond acceptors (Lipinski definition) is 3. The van der Waals surface area contributed by atoms with E-state index in [2.05, 4.69) is 33.0 Å². The van der Waals surface area contributed by atoms with Crippen molar-refractivity contribution in [3.63, 3.8) is 0 Å². The molecule has 2 aromatic rings. The van der Waals surface area contributed by atoms with E-state index in [1.807, 2.05) is 18.2 Å². The number of carbonyl (C=O) groups excluding carboxylic acids is 2. The Bertz CT molecular complexity index is 888. The van der Waals surface area contributed by atoms with Gasteiger partial charge in [0.15, 0.2) is 6.61 Å². The van der Waals surface area contributed by atoms with Crippen molar-refractivity contribution < 1.29 is 18.7 Å². The van der Waals surface area contributed by atoms with Gasteiger partial charge in [-0.15, -0.1) is 0 Å². The van der Waals surface area contributed by atoms with Gasteiger partial charge in [0.2, 0.25) is 0 Å². The summed E-state index contributed by atoms with van der Waals surface area (Å²) < 4.78 is 18.7. The molecule has 0 spiro atoms. The second-order valence-electron chi connectivity index (χ2n) is 8.69. The lowest BCUT2D eigenvalue weighted by molar-refractivity contribution is -0.156. The van der Waals surface area contributed by atoms with Gasteiger partial charge in [0.05, 0.1) is 5.41 Å². The smallest absolute Gasteiger partial charge is 0.317 e. The molecule has 0 atom stereocenters. The van der Waals surface area contributed by atoms with Crippen LogP contribution >= 0.6 is 0 Å². The Balaban J connectivity index is 1.70. The number of nitrogens with one attached hydrogen (secondary N) is 1. The van der Waals surface area contributed by atoms with Gasteiger partial charge < -0.3 is 10.1 Å². The highest BCUT2D eigenvalue weighted by molar-refractivity contribution is 5.95. The van der Waals surface area contributed by atoms with Crippen LogP contribution in [0.3, 0.4) is 0 Å². The number of para-hydroxylation sites is 1. The van der Waals surface area contributed by atoms with Gasteiger partial charge in [0, 0.05) is 5.69 Å². The lowest BCUT2D eigenvalue weighted by atomic mass is 9.64. The van der Waals surface area contributed by atoms with E-state index >= 15 is 0 Å². The van der Waals surface area contributed by atoms with E-state index < -0.39 is 11.4 Å². The molecule has 4 nitrogen and oxygen atoms in total. The fourth-order valence-electron chi connectivity index (χ4n) is 4.05. The second-order valence-corrected chi connectivity index (χ2v) is 8.69. The molecule has 0 heterocycles. The van der Waals surface area contributed by atoms with Gasteiger partial charge in [-0.1, -0.05) is 64.4 Å². The number of rotatable bonds is 7. The summed E-state index contributed by atoms with van der Waals surface area (Å²) in [5, 5.41) is 2.97. The number of halogens is 1. The Kier molecular flexibility index (Phi) is 6.59. The van der Waals surface area contributed by atoms with E-state index in [9.17, 15) is 14.0 Å². The standard InChI is InChI=1S/C25H30FNO3/c1-16(2)20-7-5-8-21(17(3)4)23(20)27-22(28)15-30-24(29)25(13-6-14-25)18-9-11-19(26)12-10-18/h5,7-12,16-17H,6,13-15H2,1-4H3,(H,27,28). The van der Waals surface area contributed by atoms with Crippen LogP contribution in [0.1, 0.15) is 75.5 Å². The number of ether oxygens (including phenoxy) is 1. The Morgan fingerprint density at radius 3 is 2.03 bits per heavy atom. The fraction of sp³-hybridized carbons (Fsp3) is 0.440. The van der Waals surface area contributed by atoms with Crippen LogP contribution in [0, 0.1) is 5.82 Å². The van der Waals surface area contributed by atoms with E-state index in [4.69, 9.17) is 4.74 Å². The first-order valence-corrected chi connectivity index (χ1v) is 10.6. The van der Waals surface area contributed by atoms with Gasteiger partial charge in [0.25, 0.3) is 5.91 Å².